The number of aliphatic hydroxyl groups is 1. The van der Waals surface area contributed by atoms with Gasteiger partial charge in [0.15, 0.2) is 18.8 Å². The van der Waals surface area contributed by atoms with Gasteiger partial charge < -0.3 is 24.1 Å². The first-order valence-electron chi connectivity index (χ1n) is 8.73. The van der Waals surface area contributed by atoms with Gasteiger partial charge in [0.2, 0.25) is 0 Å². The van der Waals surface area contributed by atoms with Crippen molar-refractivity contribution in [1.82, 2.24) is 0 Å². The molecule has 0 spiro atoms. The zero-order valence-electron chi connectivity index (χ0n) is 15.0. The zero-order chi connectivity index (χ0) is 19.8. The summed E-state index contributed by atoms with van der Waals surface area (Å²) in [7, 11) is 0. The molecule has 7 heteroatoms. The number of carbonyl (C=O) groups is 2. The second kappa shape index (κ2) is 9.57. The van der Waals surface area contributed by atoms with Crippen LogP contribution in [0.3, 0.4) is 0 Å². The standard InChI is InChI=1S/C21H20O7/c22-19(14-26-16-9-5-2-6-10-16)28-17-11-12-25-18(20(17)23)13-27-21(24)15-7-3-1-4-8-15/h1-12,17-18,20,23H,13-14H2/t17-,18-,20+/m1/s1. The van der Waals surface area contributed by atoms with Crippen LogP contribution in [0.2, 0.25) is 0 Å². The Labute approximate surface area is 162 Å². The number of esters is 2. The van der Waals surface area contributed by atoms with Crippen molar-refractivity contribution < 1.29 is 33.6 Å². The van der Waals surface area contributed by atoms with E-state index in [9.17, 15) is 14.7 Å². The highest BCUT2D eigenvalue weighted by Crippen LogP contribution is 2.17. The number of carbonyl (C=O) groups excluding carboxylic acids is 2. The Balaban J connectivity index is 1.47. The summed E-state index contributed by atoms with van der Waals surface area (Å²) in [5.41, 5.74) is 0.393. The summed E-state index contributed by atoms with van der Waals surface area (Å²) < 4.78 is 21.0. The molecule has 28 heavy (non-hydrogen) atoms. The summed E-state index contributed by atoms with van der Waals surface area (Å²) in [6, 6.07) is 17.3. The average molecular weight is 384 g/mol. The van der Waals surface area contributed by atoms with Crippen molar-refractivity contribution in [3.63, 3.8) is 0 Å². The van der Waals surface area contributed by atoms with E-state index in [1.165, 1.54) is 12.3 Å². The van der Waals surface area contributed by atoms with E-state index >= 15 is 0 Å². The predicted molar refractivity (Wildman–Crippen MR) is 98.6 cm³/mol. The van der Waals surface area contributed by atoms with Crippen molar-refractivity contribution in [2.75, 3.05) is 13.2 Å². The fourth-order valence-electron chi connectivity index (χ4n) is 2.54. The maximum atomic E-state index is 12.0. The van der Waals surface area contributed by atoms with Crippen molar-refractivity contribution >= 4 is 11.9 Å². The van der Waals surface area contributed by atoms with Crippen LogP contribution in [0.4, 0.5) is 0 Å². The van der Waals surface area contributed by atoms with Crippen molar-refractivity contribution in [3.05, 3.63) is 78.6 Å². The first-order chi connectivity index (χ1) is 13.6. The summed E-state index contributed by atoms with van der Waals surface area (Å²) in [5.74, 6) is -0.636. The molecule has 0 amide bonds. The van der Waals surface area contributed by atoms with Gasteiger partial charge >= 0.3 is 11.9 Å². The molecule has 1 N–H and O–H groups in total. The van der Waals surface area contributed by atoms with E-state index in [-0.39, 0.29) is 13.2 Å². The highest BCUT2D eigenvalue weighted by atomic mass is 16.6. The molecule has 0 saturated heterocycles. The van der Waals surface area contributed by atoms with Crippen LogP contribution >= 0.6 is 0 Å². The quantitative estimate of drug-likeness (QED) is 0.731. The summed E-state index contributed by atoms with van der Waals surface area (Å²) in [4.78, 5) is 24.0. The van der Waals surface area contributed by atoms with Crippen molar-refractivity contribution in [3.8, 4) is 5.75 Å². The summed E-state index contributed by atoms with van der Waals surface area (Å²) in [6.45, 7) is -0.483. The van der Waals surface area contributed by atoms with Gasteiger partial charge in [0.05, 0.1) is 11.8 Å². The Morgan fingerprint density at radius 3 is 2.39 bits per heavy atom. The monoisotopic (exact) mass is 384 g/mol. The van der Waals surface area contributed by atoms with Crippen LogP contribution in [0.25, 0.3) is 0 Å². The molecule has 0 aromatic heterocycles. The van der Waals surface area contributed by atoms with Gasteiger partial charge in [-0.25, -0.2) is 9.59 Å². The summed E-state index contributed by atoms with van der Waals surface area (Å²) in [5, 5.41) is 10.4. The van der Waals surface area contributed by atoms with E-state index in [1.807, 2.05) is 6.07 Å². The number of aliphatic hydroxyl groups excluding tert-OH is 1. The van der Waals surface area contributed by atoms with Crippen LogP contribution in [-0.4, -0.2) is 48.6 Å². The highest BCUT2D eigenvalue weighted by Gasteiger charge is 2.34. The number of benzene rings is 2. The minimum atomic E-state index is -1.19. The molecule has 3 rings (SSSR count). The summed E-state index contributed by atoms with van der Waals surface area (Å²) >= 11 is 0. The lowest BCUT2D eigenvalue weighted by atomic mass is 10.1. The van der Waals surface area contributed by atoms with Crippen LogP contribution in [0.15, 0.2) is 73.0 Å². The average Bonchev–Trinajstić information content (AvgIpc) is 2.74. The first kappa shape index (κ1) is 19.4. The fourth-order valence-corrected chi connectivity index (χ4v) is 2.54. The molecule has 7 nitrogen and oxygen atoms in total. The third-order valence-corrected chi connectivity index (χ3v) is 3.99. The zero-order valence-corrected chi connectivity index (χ0v) is 15.0. The number of hydrogen-bond acceptors (Lipinski definition) is 7. The Hall–Kier alpha value is -3.32. The maximum Gasteiger partial charge on any atom is 0.344 e. The Morgan fingerprint density at radius 2 is 1.68 bits per heavy atom. The maximum absolute atomic E-state index is 12.0. The SMILES string of the molecule is O=C(COc1ccccc1)O[C@@H]1C=CO[C@H](COC(=O)c2ccccc2)[C@H]1O. The lowest BCUT2D eigenvalue weighted by molar-refractivity contribution is -0.161. The molecular formula is C21H20O7. The molecule has 1 aliphatic rings. The molecule has 0 unspecified atom stereocenters. The van der Waals surface area contributed by atoms with Crippen LogP contribution in [0.5, 0.6) is 5.75 Å². The third-order valence-electron chi connectivity index (χ3n) is 3.99. The van der Waals surface area contributed by atoms with Gasteiger partial charge in [-0.2, -0.15) is 0 Å². The predicted octanol–water partition coefficient (Wildman–Crippen LogP) is 2.11. The minimum Gasteiger partial charge on any atom is -0.492 e. The fraction of sp³-hybridized carbons (Fsp3) is 0.238. The normalized spacial score (nSPS) is 20.7. The van der Waals surface area contributed by atoms with Crippen molar-refractivity contribution in [2.24, 2.45) is 0 Å². The second-order valence-electron chi connectivity index (χ2n) is 6.01. The Morgan fingerprint density at radius 1 is 1.00 bits per heavy atom. The lowest BCUT2D eigenvalue weighted by Crippen LogP contribution is -2.45. The molecule has 0 aliphatic carbocycles. The van der Waals surface area contributed by atoms with E-state index < -0.39 is 30.3 Å². The topological polar surface area (TPSA) is 91.3 Å². The van der Waals surface area contributed by atoms with Crippen LogP contribution in [-0.2, 0) is 19.0 Å². The van der Waals surface area contributed by atoms with E-state index in [0.717, 1.165) is 0 Å². The first-order valence-corrected chi connectivity index (χ1v) is 8.73. The number of ether oxygens (including phenoxy) is 4. The third kappa shape index (κ3) is 5.34. The van der Waals surface area contributed by atoms with Gasteiger partial charge in [0.1, 0.15) is 18.5 Å². The molecule has 1 aliphatic heterocycles. The van der Waals surface area contributed by atoms with Gasteiger partial charge in [-0.05, 0) is 30.3 Å². The van der Waals surface area contributed by atoms with E-state index in [1.54, 1.807) is 54.6 Å². The van der Waals surface area contributed by atoms with Gasteiger partial charge in [0.25, 0.3) is 0 Å². The van der Waals surface area contributed by atoms with Gasteiger partial charge in [-0.3, -0.25) is 0 Å². The van der Waals surface area contributed by atoms with Crippen LogP contribution < -0.4 is 4.74 Å². The molecule has 2 aromatic carbocycles. The highest BCUT2D eigenvalue weighted by molar-refractivity contribution is 5.89. The Kier molecular flexibility index (Phi) is 6.64. The molecule has 2 aromatic rings. The molecular weight excluding hydrogens is 364 g/mol. The minimum absolute atomic E-state index is 0.187. The van der Waals surface area contributed by atoms with Gasteiger partial charge in [-0.1, -0.05) is 36.4 Å². The second-order valence-corrected chi connectivity index (χ2v) is 6.01. The molecule has 0 saturated carbocycles. The van der Waals surface area contributed by atoms with Crippen LogP contribution in [0.1, 0.15) is 10.4 Å². The van der Waals surface area contributed by atoms with Crippen molar-refractivity contribution in [1.29, 1.82) is 0 Å². The van der Waals surface area contributed by atoms with E-state index in [0.29, 0.717) is 11.3 Å². The van der Waals surface area contributed by atoms with Crippen LogP contribution in [0, 0.1) is 0 Å². The molecule has 0 radical (unpaired) electrons. The largest absolute Gasteiger partial charge is 0.492 e. The molecule has 0 bridgehead atoms. The molecule has 1 heterocycles. The number of para-hydroxylation sites is 1. The Bertz CT molecular complexity index is 804. The lowest BCUT2D eigenvalue weighted by Gasteiger charge is -2.30. The van der Waals surface area contributed by atoms with E-state index in [2.05, 4.69) is 0 Å². The molecule has 146 valence electrons. The molecule has 0 fully saturated rings. The van der Waals surface area contributed by atoms with Gasteiger partial charge in [-0.15, -0.1) is 0 Å². The van der Waals surface area contributed by atoms with Crippen molar-refractivity contribution in [2.45, 2.75) is 18.3 Å². The number of hydrogen-bond donors (Lipinski definition) is 1. The smallest absolute Gasteiger partial charge is 0.344 e. The van der Waals surface area contributed by atoms with E-state index in [4.69, 9.17) is 18.9 Å². The van der Waals surface area contributed by atoms with Gasteiger partial charge in [0, 0.05) is 0 Å². The summed E-state index contributed by atoms with van der Waals surface area (Å²) in [6.07, 6.45) is -0.245. The molecule has 3 atom stereocenters. The number of rotatable bonds is 7.